The third-order valence-corrected chi connectivity index (χ3v) is 4.94. The van der Waals surface area contributed by atoms with E-state index in [1.165, 1.54) is 0 Å². The summed E-state index contributed by atoms with van der Waals surface area (Å²) in [4.78, 5) is 4.70. The van der Waals surface area contributed by atoms with Crippen molar-refractivity contribution in [1.82, 2.24) is 20.1 Å². The van der Waals surface area contributed by atoms with Crippen LogP contribution in [0.4, 0.5) is 5.69 Å². The summed E-state index contributed by atoms with van der Waals surface area (Å²) in [7, 11) is 3.63. The van der Waals surface area contributed by atoms with Crippen LogP contribution in [0.2, 0.25) is 0 Å². The number of hydrogen-bond acceptors (Lipinski definition) is 6. The van der Waals surface area contributed by atoms with E-state index in [1.54, 1.807) is 7.11 Å². The average Bonchev–Trinajstić information content (AvgIpc) is 3.38. The van der Waals surface area contributed by atoms with Gasteiger partial charge in [-0.2, -0.15) is 0 Å². The molecule has 1 saturated heterocycles. The van der Waals surface area contributed by atoms with Crippen molar-refractivity contribution >= 4 is 11.6 Å². The van der Waals surface area contributed by atoms with Gasteiger partial charge < -0.3 is 29.4 Å². The van der Waals surface area contributed by atoms with Gasteiger partial charge >= 0.3 is 0 Å². The number of benzene rings is 1. The fourth-order valence-corrected chi connectivity index (χ4v) is 3.09. The number of aromatic nitrogens is 3. The quantitative estimate of drug-likeness (QED) is 0.349. The third kappa shape index (κ3) is 6.70. The lowest BCUT2D eigenvalue weighted by atomic mass is 10.2. The summed E-state index contributed by atoms with van der Waals surface area (Å²) in [6, 6.07) is 7.84. The maximum absolute atomic E-state index is 5.80. The number of nitrogens with one attached hydrogen (secondary N) is 2. The molecule has 0 amide bonds. The van der Waals surface area contributed by atoms with Crippen LogP contribution >= 0.6 is 0 Å². The maximum Gasteiger partial charge on any atom is 0.196 e. The minimum absolute atomic E-state index is 0.213. The highest BCUT2D eigenvalue weighted by molar-refractivity contribution is 5.93. The van der Waals surface area contributed by atoms with Crippen molar-refractivity contribution in [3.8, 4) is 5.75 Å². The zero-order valence-electron chi connectivity index (χ0n) is 18.1. The molecule has 1 atom stereocenters. The van der Waals surface area contributed by atoms with E-state index in [0.717, 1.165) is 49.0 Å². The Bertz CT molecular complexity index is 817. The van der Waals surface area contributed by atoms with Gasteiger partial charge in [0, 0.05) is 52.1 Å². The smallest absolute Gasteiger partial charge is 0.196 e. The Morgan fingerprint density at radius 2 is 2.23 bits per heavy atom. The van der Waals surface area contributed by atoms with Crippen LogP contribution in [0.15, 0.2) is 29.3 Å². The highest BCUT2D eigenvalue weighted by Gasteiger charge is 2.16. The summed E-state index contributed by atoms with van der Waals surface area (Å²) >= 11 is 0. The fraction of sp³-hybridized carbons (Fsp3) is 0.571. The van der Waals surface area contributed by atoms with Crippen LogP contribution in [0, 0.1) is 6.92 Å². The molecular weight excluding hydrogens is 384 g/mol. The summed E-state index contributed by atoms with van der Waals surface area (Å²) in [6.07, 6.45) is 3.23. The molecule has 164 valence electrons. The van der Waals surface area contributed by atoms with Gasteiger partial charge in [-0.3, -0.25) is 0 Å². The lowest BCUT2D eigenvalue weighted by Gasteiger charge is -2.16. The molecule has 1 aromatic carbocycles. The van der Waals surface area contributed by atoms with Gasteiger partial charge in [-0.05, 0) is 31.9 Å². The van der Waals surface area contributed by atoms with E-state index >= 15 is 0 Å². The maximum atomic E-state index is 5.80. The van der Waals surface area contributed by atoms with Gasteiger partial charge in [-0.1, -0.05) is 6.07 Å². The van der Waals surface area contributed by atoms with E-state index in [9.17, 15) is 0 Å². The minimum Gasteiger partial charge on any atom is -0.493 e. The second-order valence-electron chi connectivity index (χ2n) is 7.25. The van der Waals surface area contributed by atoms with Crippen molar-refractivity contribution in [2.24, 2.45) is 12.0 Å². The molecule has 2 heterocycles. The zero-order chi connectivity index (χ0) is 21.2. The highest BCUT2D eigenvalue weighted by atomic mass is 16.5. The fourth-order valence-electron chi connectivity index (χ4n) is 3.09. The van der Waals surface area contributed by atoms with E-state index in [4.69, 9.17) is 19.2 Å². The molecule has 0 aliphatic carbocycles. The molecule has 1 aliphatic rings. The Labute approximate surface area is 177 Å². The predicted octanol–water partition coefficient (Wildman–Crippen LogP) is 2.28. The zero-order valence-corrected chi connectivity index (χ0v) is 18.1. The number of nitrogens with zero attached hydrogens (tertiary/aromatic N) is 4. The first kappa shape index (κ1) is 22.0. The first-order valence-electron chi connectivity index (χ1n) is 10.4. The van der Waals surface area contributed by atoms with Crippen LogP contribution in [0.1, 0.15) is 30.9 Å². The Morgan fingerprint density at radius 3 is 2.97 bits per heavy atom. The summed E-state index contributed by atoms with van der Waals surface area (Å²) in [6.45, 7) is 5.17. The SMILES string of the molecule is COCCCOc1cccc(NC(=NCc2nnc(C)n2C)NCC2CCCO2)c1. The predicted molar refractivity (Wildman–Crippen MR) is 116 cm³/mol. The van der Waals surface area contributed by atoms with Crippen molar-refractivity contribution in [2.75, 3.05) is 38.8 Å². The summed E-state index contributed by atoms with van der Waals surface area (Å²) in [5, 5.41) is 15.0. The standard InChI is InChI=1S/C21H32N6O3/c1-16-25-26-20(27(16)2)15-23-21(22-14-19-9-5-11-30-19)24-17-7-4-8-18(13-17)29-12-6-10-28-3/h4,7-8,13,19H,5-6,9-12,14-15H2,1-3H3,(H2,22,23,24). The molecule has 0 bridgehead atoms. The second kappa shape index (κ2) is 11.5. The van der Waals surface area contributed by atoms with E-state index in [1.807, 2.05) is 42.8 Å². The Kier molecular flexibility index (Phi) is 8.46. The summed E-state index contributed by atoms with van der Waals surface area (Å²) < 4.78 is 18.5. The molecule has 1 fully saturated rings. The molecule has 1 aromatic heterocycles. The molecule has 1 unspecified atom stereocenters. The molecule has 1 aliphatic heterocycles. The number of ether oxygens (including phenoxy) is 3. The average molecular weight is 417 g/mol. The van der Waals surface area contributed by atoms with Crippen LogP contribution in [-0.4, -0.2) is 60.3 Å². The van der Waals surface area contributed by atoms with Crippen molar-refractivity contribution in [2.45, 2.75) is 38.8 Å². The van der Waals surface area contributed by atoms with E-state index in [2.05, 4.69) is 20.8 Å². The molecule has 2 aromatic rings. The number of rotatable bonds is 10. The Morgan fingerprint density at radius 1 is 1.33 bits per heavy atom. The third-order valence-electron chi connectivity index (χ3n) is 4.94. The van der Waals surface area contributed by atoms with Gasteiger partial charge in [-0.25, -0.2) is 4.99 Å². The summed E-state index contributed by atoms with van der Waals surface area (Å²) in [5.41, 5.74) is 0.895. The van der Waals surface area contributed by atoms with Crippen molar-refractivity contribution in [3.05, 3.63) is 35.9 Å². The molecule has 0 radical (unpaired) electrons. The van der Waals surface area contributed by atoms with Gasteiger partial charge in [0.25, 0.3) is 0 Å². The van der Waals surface area contributed by atoms with Crippen molar-refractivity contribution < 1.29 is 14.2 Å². The van der Waals surface area contributed by atoms with Crippen molar-refractivity contribution in [3.63, 3.8) is 0 Å². The summed E-state index contributed by atoms with van der Waals surface area (Å²) in [5.74, 6) is 3.14. The molecule has 0 spiro atoms. The topological polar surface area (TPSA) is 94.8 Å². The number of hydrogen-bond donors (Lipinski definition) is 2. The largest absolute Gasteiger partial charge is 0.493 e. The highest BCUT2D eigenvalue weighted by Crippen LogP contribution is 2.18. The van der Waals surface area contributed by atoms with Crippen LogP contribution in [0.5, 0.6) is 5.75 Å². The number of anilines is 1. The van der Waals surface area contributed by atoms with E-state index in [0.29, 0.717) is 32.3 Å². The van der Waals surface area contributed by atoms with Gasteiger partial charge in [-0.15, -0.1) is 10.2 Å². The van der Waals surface area contributed by atoms with Gasteiger partial charge in [0.15, 0.2) is 11.8 Å². The first-order valence-corrected chi connectivity index (χ1v) is 10.4. The van der Waals surface area contributed by atoms with Crippen LogP contribution in [0.25, 0.3) is 0 Å². The van der Waals surface area contributed by atoms with Gasteiger partial charge in [0.05, 0.1) is 12.7 Å². The number of methoxy groups -OCH3 is 1. The minimum atomic E-state index is 0.213. The normalized spacial score (nSPS) is 16.6. The molecule has 2 N–H and O–H groups in total. The molecule has 30 heavy (non-hydrogen) atoms. The number of guanidine groups is 1. The molecule has 3 rings (SSSR count). The molecule has 9 nitrogen and oxygen atoms in total. The lowest BCUT2D eigenvalue weighted by Crippen LogP contribution is -2.36. The Hall–Kier alpha value is -2.65. The van der Waals surface area contributed by atoms with Gasteiger partial charge in [0.2, 0.25) is 0 Å². The molecule has 0 saturated carbocycles. The molecule has 9 heteroatoms. The monoisotopic (exact) mass is 416 g/mol. The number of aryl methyl sites for hydroxylation is 1. The van der Waals surface area contributed by atoms with Crippen molar-refractivity contribution in [1.29, 1.82) is 0 Å². The van der Waals surface area contributed by atoms with E-state index < -0.39 is 0 Å². The van der Waals surface area contributed by atoms with Crippen LogP contribution < -0.4 is 15.4 Å². The molecular formula is C21H32N6O3. The van der Waals surface area contributed by atoms with Gasteiger partial charge in [0.1, 0.15) is 18.1 Å². The second-order valence-corrected chi connectivity index (χ2v) is 7.25. The van der Waals surface area contributed by atoms with E-state index in [-0.39, 0.29) is 6.10 Å². The van der Waals surface area contributed by atoms with Crippen LogP contribution in [-0.2, 0) is 23.1 Å². The lowest BCUT2D eigenvalue weighted by molar-refractivity contribution is 0.114. The number of aliphatic imine (C=N–C) groups is 1. The van der Waals surface area contributed by atoms with Crippen LogP contribution in [0.3, 0.4) is 0 Å². The first-order chi connectivity index (χ1) is 14.7. The Balaban J connectivity index is 1.64.